The molecular formula is C19H25N5O3. The number of hydrogen-bond donors (Lipinski definition) is 1. The third-order valence-corrected chi connectivity index (χ3v) is 4.70. The number of rotatable bonds is 6. The van der Waals surface area contributed by atoms with Crippen molar-refractivity contribution in [3.8, 4) is 11.4 Å². The Morgan fingerprint density at radius 2 is 2.07 bits per heavy atom. The molecule has 1 aromatic heterocycles. The molecule has 0 saturated carbocycles. The molecule has 1 aliphatic heterocycles. The number of carbonyl (C=O) groups excluding carboxylic acids is 2. The van der Waals surface area contributed by atoms with Crippen molar-refractivity contribution in [2.45, 2.75) is 38.8 Å². The van der Waals surface area contributed by atoms with Crippen molar-refractivity contribution in [1.29, 1.82) is 0 Å². The first-order valence-corrected chi connectivity index (χ1v) is 9.27. The molecule has 1 fully saturated rings. The number of nitrogens with zero attached hydrogens (tertiary/aromatic N) is 4. The lowest BCUT2D eigenvalue weighted by atomic mass is 10.0. The van der Waals surface area contributed by atoms with E-state index >= 15 is 0 Å². The largest absolute Gasteiger partial charge is 0.342 e. The normalized spacial score (nSPS) is 17.3. The topological polar surface area (TPSA) is 91.6 Å². The molecule has 8 nitrogen and oxygen atoms in total. The molecule has 0 spiro atoms. The molecule has 2 aromatic rings. The molecule has 2 heterocycles. The van der Waals surface area contributed by atoms with E-state index in [-0.39, 0.29) is 18.5 Å². The lowest BCUT2D eigenvalue weighted by Gasteiger charge is -2.39. The van der Waals surface area contributed by atoms with Crippen molar-refractivity contribution in [3.05, 3.63) is 36.2 Å². The first-order valence-electron chi connectivity index (χ1n) is 9.27. The van der Waals surface area contributed by atoms with Crippen LogP contribution in [0.3, 0.4) is 0 Å². The van der Waals surface area contributed by atoms with Crippen molar-refractivity contribution in [3.63, 3.8) is 0 Å². The molecule has 0 radical (unpaired) electrons. The Kier molecular flexibility index (Phi) is 6.05. The summed E-state index contributed by atoms with van der Waals surface area (Å²) in [4.78, 5) is 32.7. The average Bonchev–Trinajstić information content (AvgIpc) is 3.17. The van der Waals surface area contributed by atoms with Crippen LogP contribution in [0.4, 0.5) is 4.79 Å². The standard InChI is InChI=1S/C19H25N5O3/c1-3-4-10-15-18(25)23(2)11-12-24(15)19(26)20-13-16-21-17(22-27-16)14-8-6-5-7-9-14/h5-9,15H,3-4,10-13H2,1-2H3,(H,20,26)/t15-/m0/s1. The first kappa shape index (κ1) is 18.9. The zero-order chi connectivity index (χ0) is 19.2. The van der Waals surface area contributed by atoms with Crippen LogP contribution >= 0.6 is 0 Å². The third kappa shape index (κ3) is 4.45. The Bertz CT molecular complexity index is 777. The quantitative estimate of drug-likeness (QED) is 0.841. The zero-order valence-corrected chi connectivity index (χ0v) is 15.7. The minimum Gasteiger partial charge on any atom is -0.342 e. The molecule has 0 unspecified atom stereocenters. The third-order valence-electron chi connectivity index (χ3n) is 4.70. The molecular weight excluding hydrogens is 346 g/mol. The molecule has 1 N–H and O–H groups in total. The summed E-state index contributed by atoms with van der Waals surface area (Å²) < 4.78 is 5.22. The van der Waals surface area contributed by atoms with Gasteiger partial charge in [0.05, 0.1) is 6.54 Å². The van der Waals surface area contributed by atoms with E-state index < -0.39 is 6.04 Å². The van der Waals surface area contributed by atoms with Crippen LogP contribution in [0.15, 0.2) is 34.9 Å². The van der Waals surface area contributed by atoms with Crippen molar-refractivity contribution in [2.24, 2.45) is 0 Å². The van der Waals surface area contributed by atoms with Crippen LogP contribution in [-0.2, 0) is 11.3 Å². The van der Waals surface area contributed by atoms with E-state index in [1.807, 2.05) is 30.3 Å². The van der Waals surface area contributed by atoms with Crippen LogP contribution in [0.1, 0.15) is 32.1 Å². The fourth-order valence-electron chi connectivity index (χ4n) is 3.12. The Labute approximate surface area is 158 Å². The Hall–Kier alpha value is -2.90. The van der Waals surface area contributed by atoms with Gasteiger partial charge in [0.15, 0.2) is 0 Å². The van der Waals surface area contributed by atoms with E-state index in [2.05, 4.69) is 22.4 Å². The molecule has 27 heavy (non-hydrogen) atoms. The summed E-state index contributed by atoms with van der Waals surface area (Å²) >= 11 is 0. The van der Waals surface area contributed by atoms with Gasteiger partial charge in [0, 0.05) is 25.7 Å². The molecule has 144 valence electrons. The maximum atomic E-state index is 12.6. The number of aromatic nitrogens is 2. The summed E-state index contributed by atoms with van der Waals surface area (Å²) in [6.45, 7) is 3.25. The van der Waals surface area contributed by atoms with Gasteiger partial charge in [-0.2, -0.15) is 4.98 Å². The van der Waals surface area contributed by atoms with E-state index in [1.54, 1.807) is 16.8 Å². The number of urea groups is 1. The predicted octanol–water partition coefficient (Wildman–Crippen LogP) is 2.28. The van der Waals surface area contributed by atoms with Gasteiger partial charge in [-0.3, -0.25) is 4.79 Å². The number of likely N-dealkylation sites (N-methyl/N-ethyl adjacent to an activating group) is 1. The van der Waals surface area contributed by atoms with Gasteiger partial charge in [0.2, 0.25) is 17.6 Å². The zero-order valence-electron chi connectivity index (χ0n) is 15.7. The molecule has 1 aliphatic rings. The molecule has 1 saturated heterocycles. The SMILES string of the molecule is CCCC[C@H]1C(=O)N(C)CCN1C(=O)NCc1nc(-c2ccccc2)no1. The summed E-state index contributed by atoms with van der Waals surface area (Å²) in [5, 5.41) is 6.74. The highest BCUT2D eigenvalue weighted by Gasteiger charge is 2.35. The molecule has 1 atom stereocenters. The second-order valence-corrected chi connectivity index (χ2v) is 6.65. The lowest BCUT2D eigenvalue weighted by Crippen LogP contribution is -2.59. The summed E-state index contributed by atoms with van der Waals surface area (Å²) in [7, 11) is 1.78. The number of hydrogen-bond acceptors (Lipinski definition) is 5. The Morgan fingerprint density at radius 1 is 1.30 bits per heavy atom. The number of benzene rings is 1. The van der Waals surface area contributed by atoms with Gasteiger partial charge in [-0.05, 0) is 6.42 Å². The van der Waals surface area contributed by atoms with Gasteiger partial charge >= 0.3 is 6.03 Å². The highest BCUT2D eigenvalue weighted by Crippen LogP contribution is 2.17. The lowest BCUT2D eigenvalue weighted by molar-refractivity contribution is -0.138. The average molecular weight is 371 g/mol. The fourth-order valence-corrected chi connectivity index (χ4v) is 3.12. The van der Waals surface area contributed by atoms with Crippen molar-refractivity contribution < 1.29 is 14.1 Å². The molecule has 0 aliphatic carbocycles. The maximum Gasteiger partial charge on any atom is 0.318 e. The summed E-state index contributed by atoms with van der Waals surface area (Å²) in [6.07, 6.45) is 2.55. The summed E-state index contributed by atoms with van der Waals surface area (Å²) in [5.74, 6) is 0.803. The van der Waals surface area contributed by atoms with E-state index in [9.17, 15) is 9.59 Å². The molecule has 8 heteroatoms. The van der Waals surface area contributed by atoms with Crippen LogP contribution < -0.4 is 5.32 Å². The van der Waals surface area contributed by atoms with Crippen LogP contribution in [0, 0.1) is 0 Å². The van der Waals surface area contributed by atoms with Gasteiger partial charge in [-0.25, -0.2) is 4.79 Å². The van der Waals surface area contributed by atoms with Gasteiger partial charge < -0.3 is 19.6 Å². The van der Waals surface area contributed by atoms with Gasteiger partial charge in [0.1, 0.15) is 6.04 Å². The summed E-state index contributed by atoms with van der Waals surface area (Å²) in [6, 6.07) is 8.80. The van der Waals surface area contributed by atoms with Gasteiger partial charge in [0.25, 0.3) is 0 Å². The number of piperazine rings is 1. The highest BCUT2D eigenvalue weighted by atomic mass is 16.5. The van der Waals surface area contributed by atoms with E-state index in [0.717, 1.165) is 18.4 Å². The highest BCUT2D eigenvalue weighted by molar-refractivity contribution is 5.88. The van der Waals surface area contributed by atoms with Crippen LogP contribution in [0.5, 0.6) is 0 Å². The second kappa shape index (κ2) is 8.66. The Balaban J connectivity index is 1.61. The molecule has 1 aromatic carbocycles. The van der Waals surface area contributed by atoms with Crippen LogP contribution in [0.2, 0.25) is 0 Å². The second-order valence-electron chi connectivity index (χ2n) is 6.65. The van der Waals surface area contributed by atoms with Crippen molar-refractivity contribution in [2.75, 3.05) is 20.1 Å². The Morgan fingerprint density at radius 3 is 2.81 bits per heavy atom. The first-order chi connectivity index (χ1) is 13.1. The predicted molar refractivity (Wildman–Crippen MR) is 99.6 cm³/mol. The van der Waals surface area contributed by atoms with E-state index in [1.165, 1.54) is 0 Å². The number of nitrogens with one attached hydrogen (secondary N) is 1. The van der Waals surface area contributed by atoms with Gasteiger partial charge in [-0.15, -0.1) is 0 Å². The number of carbonyl (C=O) groups is 2. The maximum absolute atomic E-state index is 12.6. The summed E-state index contributed by atoms with van der Waals surface area (Å²) in [5.41, 5.74) is 0.850. The van der Waals surface area contributed by atoms with E-state index in [4.69, 9.17) is 4.52 Å². The smallest absolute Gasteiger partial charge is 0.318 e. The minimum atomic E-state index is -0.411. The van der Waals surface area contributed by atoms with Gasteiger partial charge in [-0.1, -0.05) is 55.3 Å². The van der Waals surface area contributed by atoms with Crippen LogP contribution in [0.25, 0.3) is 11.4 Å². The van der Waals surface area contributed by atoms with Crippen LogP contribution in [-0.4, -0.2) is 58.1 Å². The molecule has 3 amide bonds. The van der Waals surface area contributed by atoms with E-state index in [0.29, 0.717) is 31.2 Å². The van der Waals surface area contributed by atoms with Crippen molar-refractivity contribution >= 4 is 11.9 Å². The fraction of sp³-hybridized carbons (Fsp3) is 0.474. The van der Waals surface area contributed by atoms with Crippen molar-refractivity contribution in [1.82, 2.24) is 25.3 Å². The number of unbranched alkanes of at least 4 members (excludes halogenated alkanes) is 1. The molecule has 3 rings (SSSR count). The minimum absolute atomic E-state index is 0.00555. The molecule has 0 bridgehead atoms. The monoisotopic (exact) mass is 371 g/mol. The number of amides is 3.